The molecule has 176 valence electrons. The van der Waals surface area contributed by atoms with Gasteiger partial charge in [-0.2, -0.15) is 5.11 Å². The standard InChI is InChI=1S/C26H23N5O4/c1-2-17-8-12-19(13-9-17)31-25(33)23-24(26(31)34)30(29-28-23)16-22(32)27-18-10-14-21(15-11-18)35-20-6-4-3-5-7-20/h3-15,23-24H,2,16H2,1H3,(H,27,32)/t23-,24-/m0/s1. The van der Waals surface area contributed by atoms with Gasteiger partial charge in [0.05, 0.1) is 5.69 Å². The summed E-state index contributed by atoms with van der Waals surface area (Å²) >= 11 is 0. The van der Waals surface area contributed by atoms with Gasteiger partial charge in [0, 0.05) is 5.69 Å². The van der Waals surface area contributed by atoms with Gasteiger partial charge in [-0.25, -0.2) is 4.90 Å². The van der Waals surface area contributed by atoms with Crippen molar-refractivity contribution in [2.75, 3.05) is 16.8 Å². The highest BCUT2D eigenvalue weighted by Gasteiger charge is 2.55. The zero-order valence-electron chi connectivity index (χ0n) is 19.0. The van der Waals surface area contributed by atoms with E-state index in [-0.39, 0.29) is 12.5 Å². The largest absolute Gasteiger partial charge is 0.457 e. The molecule has 2 aliphatic rings. The lowest BCUT2D eigenvalue weighted by atomic mass is 10.1. The molecule has 0 radical (unpaired) electrons. The Kier molecular flexibility index (Phi) is 5.97. The van der Waals surface area contributed by atoms with Gasteiger partial charge in [0.25, 0.3) is 11.8 Å². The highest BCUT2D eigenvalue weighted by atomic mass is 16.5. The van der Waals surface area contributed by atoms with Crippen LogP contribution in [0, 0.1) is 0 Å². The summed E-state index contributed by atoms with van der Waals surface area (Å²) in [5.41, 5.74) is 2.16. The van der Waals surface area contributed by atoms with E-state index >= 15 is 0 Å². The second-order valence-electron chi connectivity index (χ2n) is 8.21. The number of fused-ring (bicyclic) bond motifs is 1. The SMILES string of the molecule is CCc1ccc(N2C(=O)[C@H]3N=NN(CC(=O)Nc4ccc(Oc5ccccc5)cc4)[C@@H]3C2=O)cc1. The number of carbonyl (C=O) groups is 3. The zero-order valence-corrected chi connectivity index (χ0v) is 19.0. The van der Waals surface area contributed by atoms with Crippen molar-refractivity contribution in [2.45, 2.75) is 25.4 Å². The van der Waals surface area contributed by atoms with E-state index in [1.165, 1.54) is 5.01 Å². The van der Waals surface area contributed by atoms with E-state index in [9.17, 15) is 14.4 Å². The maximum absolute atomic E-state index is 13.1. The molecule has 2 heterocycles. The molecule has 3 aromatic rings. The fraction of sp³-hybridized carbons (Fsp3) is 0.192. The molecule has 0 spiro atoms. The van der Waals surface area contributed by atoms with Crippen LogP contribution in [0.2, 0.25) is 0 Å². The van der Waals surface area contributed by atoms with Crippen molar-refractivity contribution in [2.24, 2.45) is 10.3 Å². The quantitative estimate of drug-likeness (QED) is 0.528. The molecule has 3 aromatic carbocycles. The number of ether oxygens (including phenoxy) is 1. The van der Waals surface area contributed by atoms with Gasteiger partial charge >= 0.3 is 0 Å². The van der Waals surface area contributed by atoms with Crippen molar-refractivity contribution in [3.63, 3.8) is 0 Å². The first-order valence-corrected chi connectivity index (χ1v) is 11.3. The average Bonchev–Trinajstić information content (AvgIpc) is 3.40. The first kappa shape index (κ1) is 22.3. The number of para-hydroxylation sites is 1. The number of hydrogen-bond acceptors (Lipinski definition) is 7. The lowest BCUT2D eigenvalue weighted by molar-refractivity contribution is -0.123. The maximum Gasteiger partial charge on any atom is 0.263 e. The van der Waals surface area contributed by atoms with E-state index in [1.54, 1.807) is 36.4 Å². The molecule has 1 saturated heterocycles. The number of carbonyl (C=O) groups excluding carboxylic acids is 3. The number of amides is 3. The monoisotopic (exact) mass is 469 g/mol. The summed E-state index contributed by atoms with van der Waals surface area (Å²) in [6, 6.07) is 21.7. The molecule has 0 bridgehead atoms. The van der Waals surface area contributed by atoms with Crippen LogP contribution in [-0.4, -0.2) is 41.4 Å². The summed E-state index contributed by atoms with van der Waals surface area (Å²) in [5, 5.41) is 11.9. The molecular weight excluding hydrogens is 446 g/mol. The number of benzene rings is 3. The van der Waals surface area contributed by atoms with Crippen molar-refractivity contribution in [3.05, 3.63) is 84.4 Å². The van der Waals surface area contributed by atoms with E-state index in [0.29, 0.717) is 22.9 Å². The third kappa shape index (κ3) is 4.48. The molecule has 1 fully saturated rings. The molecule has 0 saturated carbocycles. The number of imide groups is 1. The molecule has 3 amide bonds. The summed E-state index contributed by atoms with van der Waals surface area (Å²) in [4.78, 5) is 39.7. The minimum atomic E-state index is -0.949. The topological polar surface area (TPSA) is 104 Å². The lowest BCUT2D eigenvalue weighted by Crippen LogP contribution is -2.43. The minimum Gasteiger partial charge on any atom is -0.457 e. The summed E-state index contributed by atoms with van der Waals surface area (Å²) in [6.45, 7) is 1.82. The Hall–Kier alpha value is -4.53. The third-order valence-electron chi connectivity index (χ3n) is 5.88. The lowest BCUT2D eigenvalue weighted by Gasteiger charge is -2.20. The second kappa shape index (κ2) is 9.38. The molecule has 0 aromatic heterocycles. The average molecular weight is 470 g/mol. The molecule has 5 rings (SSSR count). The van der Waals surface area contributed by atoms with Gasteiger partial charge in [-0.15, -0.1) is 0 Å². The van der Waals surface area contributed by atoms with Crippen molar-refractivity contribution in [1.82, 2.24) is 5.01 Å². The van der Waals surface area contributed by atoms with Crippen LogP contribution in [0.4, 0.5) is 11.4 Å². The van der Waals surface area contributed by atoms with Crippen LogP contribution in [0.1, 0.15) is 12.5 Å². The van der Waals surface area contributed by atoms with Crippen LogP contribution >= 0.6 is 0 Å². The summed E-state index contributed by atoms with van der Waals surface area (Å²) < 4.78 is 5.75. The Morgan fingerprint density at radius 3 is 2.29 bits per heavy atom. The molecule has 9 heteroatoms. The molecular formula is C26H23N5O4. The van der Waals surface area contributed by atoms with E-state index in [0.717, 1.165) is 16.9 Å². The molecule has 0 aliphatic carbocycles. The number of hydrogen-bond donors (Lipinski definition) is 1. The van der Waals surface area contributed by atoms with Crippen molar-refractivity contribution in [1.29, 1.82) is 0 Å². The Bertz CT molecular complexity index is 1280. The van der Waals surface area contributed by atoms with Gasteiger partial charge in [0.15, 0.2) is 12.1 Å². The first-order chi connectivity index (χ1) is 17.0. The molecule has 2 aliphatic heterocycles. The Labute approximate surface area is 202 Å². The predicted molar refractivity (Wildman–Crippen MR) is 129 cm³/mol. The van der Waals surface area contributed by atoms with Crippen LogP contribution in [0.15, 0.2) is 89.2 Å². The smallest absolute Gasteiger partial charge is 0.263 e. The maximum atomic E-state index is 13.1. The molecule has 1 N–H and O–H groups in total. The Morgan fingerprint density at radius 2 is 1.60 bits per heavy atom. The van der Waals surface area contributed by atoms with Crippen LogP contribution in [0.5, 0.6) is 11.5 Å². The van der Waals surface area contributed by atoms with Crippen LogP contribution in [-0.2, 0) is 20.8 Å². The van der Waals surface area contributed by atoms with Gasteiger partial charge in [-0.05, 0) is 60.5 Å². The normalized spacial score (nSPS) is 18.7. The van der Waals surface area contributed by atoms with Gasteiger partial charge in [0.2, 0.25) is 5.91 Å². The van der Waals surface area contributed by atoms with Crippen LogP contribution in [0.3, 0.4) is 0 Å². The number of rotatable bonds is 7. The van der Waals surface area contributed by atoms with E-state index in [1.807, 2.05) is 49.4 Å². The zero-order chi connectivity index (χ0) is 24.4. The molecule has 9 nitrogen and oxygen atoms in total. The first-order valence-electron chi connectivity index (χ1n) is 11.3. The van der Waals surface area contributed by atoms with Gasteiger partial charge in [-0.1, -0.05) is 42.5 Å². The highest BCUT2D eigenvalue weighted by Crippen LogP contribution is 2.32. The minimum absolute atomic E-state index is 0.214. The number of nitrogens with one attached hydrogen (secondary N) is 1. The van der Waals surface area contributed by atoms with Crippen molar-refractivity contribution >= 4 is 29.1 Å². The van der Waals surface area contributed by atoms with Crippen LogP contribution < -0.4 is 15.0 Å². The number of aryl methyl sites for hydroxylation is 1. The summed E-state index contributed by atoms with van der Waals surface area (Å²) in [7, 11) is 0. The van der Waals surface area contributed by atoms with Crippen molar-refractivity contribution in [3.8, 4) is 11.5 Å². The Balaban J connectivity index is 1.21. The molecule has 0 unspecified atom stereocenters. The second-order valence-corrected chi connectivity index (χ2v) is 8.21. The van der Waals surface area contributed by atoms with Gasteiger partial charge in [-0.3, -0.25) is 19.4 Å². The fourth-order valence-electron chi connectivity index (χ4n) is 4.07. The summed E-state index contributed by atoms with van der Waals surface area (Å²) in [5.74, 6) is 0.0820. The molecule has 35 heavy (non-hydrogen) atoms. The van der Waals surface area contributed by atoms with Gasteiger partial charge < -0.3 is 10.1 Å². The highest BCUT2D eigenvalue weighted by molar-refractivity contribution is 6.25. The van der Waals surface area contributed by atoms with Crippen LogP contribution in [0.25, 0.3) is 0 Å². The number of nitrogens with zero attached hydrogens (tertiary/aromatic N) is 4. The van der Waals surface area contributed by atoms with Crippen molar-refractivity contribution < 1.29 is 19.1 Å². The Morgan fingerprint density at radius 1 is 0.914 bits per heavy atom. The predicted octanol–water partition coefficient (Wildman–Crippen LogP) is 3.97. The van der Waals surface area contributed by atoms with E-state index in [2.05, 4.69) is 15.7 Å². The fourth-order valence-corrected chi connectivity index (χ4v) is 4.07. The summed E-state index contributed by atoms with van der Waals surface area (Å²) in [6.07, 6.45) is 0.854. The van der Waals surface area contributed by atoms with Gasteiger partial charge in [0.1, 0.15) is 18.0 Å². The van der Waals surface area contributed by atoms with E-state index in [4.69, 9.17) is 4.74 Å². The van der Waals surface area contributed by atoms with E-state index < -0.39 is 23.9 Å². The molecule has 2 atom stereocenters. The number of anilines is 2. The third-order valence-corrected chi connectivity index (χ3v) is 5.88.